The molecule has 1 rings (SSSR count). The summed E-state index contributed by atoms with van der Waals surface area (Å²) < 4.78 is 2.07. The predicted octanol–water partition coefficient (Wildman–Crippen LogP) is 2.12. The van der Waals surface area contributed by atoms with Crippen molar-refractivity contribution >= 4 is 0 Å². The average Bonchev–Trinajstić information content (AvgIpc) is 2.60. The molecule has 0 bridgehead atoms. The van der Waals surface area contributed by atoms with E-state index in [0.29, 0.717) is 5.92 Å². The van der Waals surface area contributed by atoms with E-state index in [2.05, 4.69) is 30.3 Å². The smallest absolute Gasteiger partial charge is 0.108 e. The van der Waals surface area contributed by atoms with Crippen molar-refractivity contribution in [2.75, 3.05) is 0 Å². The highest BCUT2D eigenvalue weighted by molar-refractivity contribution is 4.95. The number of nitrogens with two attached hydrogens (primary N) is 1. The third-order valence-electron chi connectivity index (χ3n) is 3.54. The van der Waals surface area contributed by atoms with Crippen molar-refractivity contribution in [3.05, 3.63) is 18.2 Å². The summed E-state index contributed by atoms with van der Waals surface area (Å²) in [5.74, 6) is 1.64. The Balaban J connectivity index is 2.59. The van der Waals surface area contributed by atoms with E-state index in [0.717, 1.165) is 25.1 Å². The van der Waals surface area contributed by atoms with Crippen LogP contribution in [0.3, 0.4) is 0 Å². The van der Waals surface area contributed by atoms with Gasteiger partial charge in [0, 0.05) is 31.4 Å². The van der Waals surface area contributed by atoms with Crippen molar-refractivity contribution in [3.63, 3.8) is 0 Å². The summed E-state index contributed by atoms with van der Waals surface area (Å²) in [6.45, 7) is 6.56. The second kappa shape index (κ2) is 4.79. The van der Waals surface area contributed by atoms with Crippen LogP contribution in [0.15, 0.2) is 12.4 Å². The van der Waals surface area contributed by atoms with Gasteiger partial charge < -0.3 is 10.3 Å². The fourth-order valence-corrected chi connectivity index (χ4v) is 1.86. The molecule has 0 saturated carbocycles. The fraction of sp³-hybridized carbons (Fsp3) is 0.750. The molecule has 3 nitrogen and oxygen atoms in total. The predicted molar refractivity (Wildman–Crippen MR) is 63.6 cm³/mol. The average molecular weight is 209 g/mol. The molecule has 1 aromatic heterocycles. The SMILES string of the molecule is CCC(N)(CCc1nccn1C)C(C)C. The zero-order valence-corrected chi connectivity index (χ0v) is 10.3. The molecule has 1 heterocycles. The van der Waals surface area contributed by atoms with E-state index in [1.54, 1.807) is 0 Å². The van der Waals surface area contributed by atoms with Gasteiger partial charge in [0.2, 0.25) is 0 Å². The van der Waals surface area contributed by atoms with Gasteiger partial charge in [0.05, 0.1) is 0 Å². The lowest BCUT2D eigenvalue weighted by Crippen LogP contribution is -2.44. The van der Waals surface area contributed by atoms with Crippen LogP contribution in [0.4, 0.5) is 0 Å². The Kier molecular flexibility index (Phi) is 3.91. The molecule has 15 heavy (non-hydrogen) atoms. The maximum absolute atomic E-state index is 6.37. The number of aromatic nitrogens is 2. The Morgan fingerprint density at radius 2 is 2.20 bits per heavy atom. The van der Waals surface area contributed by atoms with E-state index < -0.39 is 0 Å². The Labute approximate surface area is 92.7 Å². The largest absolute Gasteiger partial charge is 0.338 e. The van der Waals surface area contributed by atoms with Crippen LogP contribution in [0.25, 0.3) is 0 Å². The van der Waals surface area contributed by atoms with Crippen LogP contribution in [-0.2, 0) is 13.5 Å². The summed E-state index contributed by atoms with van der Waals surface area (Å²) >= 11 is 0. The molecule has 2 N–H and O–H groups in total. The number of imidazole rings is 1. The highest BCUT2D eigenvalue weighted by Crippen LogP contribution is 2.23. The molecule has 0 radical (unpaired) electrons. The molecule has 0 aromatic carbocycles. The van der Waals surface area contributed by atoms with Crippen LogP contribution in [0, 0.1) is 5.92 Å². The molecule has 0 aliphatic heterocycles. The molecular formula is C12H23N3. The minimum absolute atomic E-state index is 0.0497. The van der Waals surface area contributed by atoms with Crippen molar-refractivity contribution in [2.24, 2.45) is 18.7 Å². The van der Waals surface area contributed by atoms with E-state index in [1.165, 1.54) is 0 Å². The van der Waals surface area contributed by atoms with Gasteiger partial charge in [-0.3, -0.25) is 0 Å². The molecule has 3 heteroatoms. The van der Waals surface area contributed by atoms with Gasteiger partial charge in [0.15, 0.2) is 0 Å². The summed E-state index contributed by atoms with van der Waals surface area (Å²) in [7, 11) is 2.03. The van der Waals surface area contributed by atoms with Gasteiger partial charge in [-0.1, -0.05) is 20.8 Å². The molecule has 0 aliphatic rings. The molecule has 1 aromatic rings. The summed E-state index contributed by atoms with van der Waals surface area (Å²) in [6, 6.07) is 0. The van der Waals surface area contributed by atoms with Crippen molar-refractivity contribution in [2.45, 2.75) is 45.6 Å². The Morgan fingerprint density at radius 3 is 2.60 bits per heavy atom. The maximum atomic E-state index is 6.37. The van der Waals surface area contributed by atoms with Crippen LogP contribution < -0.4 is 5.73 Å². The summed E-state index contributed by atoms with van der Waals surface area (Å²) in [6.07, 6.45) is 6.82. The standard InChI is InChI=1S/C12H23N3/c1-5-12(13,10(2)3)7-6-11-14-8-9-15(11)4/h8-10H,5-7,13H2,1-4H3. The van der Waals surface area contributed by atoms with Crippen molar-refractivity contribution < 1.29 is 0 Å². The third kappa shape index (κ3) is 2.81. The lowest BCUT2D eigenvalue weighted by atomic mass is 9.81. The summed E-state index contributed by atoms with van der Waals surface area (Å²) in [4.78, 5) is 4.32. The quantitative estimate of drug-likeness (QED) is 0.807. The monoisotopic (exact) mass is 209 g/mol. The fourth-order valence-electron chi connectivity index (χ4n) is 1.86. The number of hydrogen-bond donors (Lipinski definition) is 1. The number of nitrogens with zero attached hydrogens (tertiary/aromatic N) is 2. The van der Waals surface area contributed by atoms with Crippen molar-refractivity contribution in [1.82, 2.24) is 9.55 Å². The minimum Gasteiger partial charge on any atom is -0.338 e. The third-order valence-corrected chi connectivity index (χ3v) is 3.54. The van der Waals surface area contributed by atoms with Crippen LogP contribution in [0.5, 0.6) is 0 Å². The molecule has 0 amide bonds. The highest BCUT2D eigenvalue weighted by atomic mass is 15.0. The zero-order chi connectivity index (χ0) is 11.5. The highest BCUT2D eigenvalue weighted by Gasteiger charge is 2.26. The van der Waals surface area contributed by atoms with Crippen LogP contribution in [0.1, 0.15) is 39.4 Å². The van der Waals surface area contributed by atoms with E-state index >= 15 is 0 Å². The second-order valence-electron chi connectivity index (χ2n) is 4.70. The van der Waals surface area contributed by atoms with Crippen molar-refractivity contribution in [3.8, 4) is 0 Å². The first-order chi connectivity index (χ1) is 6.99. The van der Waals surface area contributed by atoms with Crippen LogP contribution in [-0.4, -0.2) is 15.1 Å². The molecule has 0 saturated heterocycles. The molecule has 0 spiro atoms. The maximum Gasteiger partial charge on any atom is 0.108 e. The van der Waals surface area contributed by atoms with Crippen LogP contribution >= 0.6 is 0 Å². The molecule has 86 valence electrons. The lowest BCUT2D eigenvalue weighted by Gasteiger charge is -2.32. The molecule has 0 aliphatic carbocycles. The molecule has 1 unspecified atom stereocenters. The number of rotatable bonds is 5. The van der Waals surface area contributed by atoms with Gasteiger partial charge in [0.1, 0.15) is 5.82 Å². The first-order valence-electron chi connectivity index (χ1n) is 5.74. The van der Waals surface area contributed by atoms with Crippen LogP contribution in [0.2, 0.25) is 0 Å². The Hall–Kier alpha value is -0.830. The second-order valence-corrected chi connectivity index (χ2v) is 4.70. The van der Waals surface area contributed by atoms with Gasteiger partial charge >= 0.3 is 0 Å². The first kappa shape index (κ1) is 12.2. The van der Waals surface area contributed by atoms with Gasteiger partial charge in [-0.15, -0.1) is 0 Å². The Bertz CT molecular complexity index is 304. The molecule has 0 fully saturated rings. The number of aryl methyl sites for hydroxylation is 2. The van der Waals surface area contributed by atoms with Gasteiger partial charge in [-0.25, -0.2) is 4.98 Å². The van der Waals surface area contributed by atoms with Gasteiger partial charge in [-0.05, 0) is 18.8 Å². The van der Waals surface area contributed by atoms with E-state index in [1.807, 2.05) is 19.4 Å². The van der Waals surface area contributed by atoms with E-state index in [9.17, 15) is 0 Å². The molecule has 1 atom stereocenters. The molecular weight excluding hydrogens is 186 g/mol. The summed E-state index contributed by atoms with van der Waals surface area (Å²) in [5.41, 5.74) is 6.32. The van der Waals surface area contributed by atoms with Crippen molar-refractivity contribution in [1.29, 1.82) is 0 Å². The lowest BCUT2D eigenvalue weighted by molar-refractivity contribution is 0.275. The zero-order valence-electron chi connectivity index (χ0n) is 10.3. The van der Waals surface area contributed by atoms with Gasteiger partial charge in [0.25, 0.3) is 0 Å². The topological polar surface area (TPSA) is 43.8 Å². The van der Waals surface area contributed by atoms with E-state index in [4.69, 9.17) is 5.73 Å². The minimum atomic E-state index is -0.0497. The first-order valence-corrected chi connectivity index (χ1v) is 5.74. The number of hydrogen-bond acceptors (Lipinski definition) is 2. The summed E-state index contributed by atoms with van der Waals surface area (Å²) in [5, 5.41) is 0. The normalized spacial score (nSPS) is 15.6. The van der Waals surface area contributed by atoms with Gasteiger partial charge in [-0.2, -0.15) is 0 Å². The van der Waals surface area contributed by atoms with E-state index in [-0.39, 0.29) is 5.54 Å². The Morgan fingerprint density at radius 1 is 1.53 bits per heavy atom.